The first-order valence-corrected chi connectivity index (χ1v) is 11.2. The van der Waals surface area contributed by atoms with Crippen LogP contribution in [0, 0.1) is 5.41 Å². The van der Waals surface area contributed by atoms with Gasteiger partial charge in [-0.1, -0.05) is 39.0 Å². The lowest BCUT2D eigenvalue weighted by Gasteiger charge is -2.48. The molecule has 0 saturated carbocycles. The van der Waals surface area contributed by atoms with Crippen LogP contribution in [0.3, 0.4) is 0 Å². The molecule has 6 nitrogen and oxygen atoms in total. The highest BCUT2D eigenvalue weighted by Crippen LogP contribution is 2.55. The molecule has 0 saturated heterocycles. The molecular formula is C26H28N4O2. The van der Waals surface area contributed by atoms with Crippen LogP contribution >= 0.6 is 0 Å². The number of Topliss-reactive ketones (excluding diaryl/α,β-unsaturated/α-hetero) is 1. The van der Waals surface area contributed by atoms with Crippen LogP contribution in [0.2, 0.25) is 0 Å². The van der Waals surface area contributed by atoms with Crippen molar-refractivity contribution in [3.05, 3.63) is 70.8 Å². The number of benzene rings is 1. The van der Waals surface area contributed by atoms with Crippen LogP contribution in [0.15, 0.2) is 75.5 Å². The number of hydrogen-bond donors (Lipinski definition) is 2. The molecule has 32 heavy (non-hydrogen) atoms. The molecule has 2 aromatic rings. The standard InChI is InChI=1S/C26H28N4O2/c1-5-26(17-8-6-7-16(11-17)18-9-10-27-14-21(18)32)22-15(2)29-30-24(22)28-19-12-25(3,4)13-20(31)23(19)26/h6-11,14,24,28,32H,5,12-13H2,1-4H3. The Hall–Kier alpha value is -3.28. The minimum absolute atomic E-state index is 0.0981. The minimum atomic E-state index is -0.606. The molecule has 5 rings (SSSR count). The van der Waals surface area contributed by atoms with Crippen LogP contribution in [0.25, 0.3) is 11.1 Å². The average Bonchev–Trinajstić information content (AvgIpc) is 3.12. The monoisotopic (exact) mass is 428 g/mol. The molecule has 0 bridgehead atoms. The molecule has 0 fully saturated rings. The number of allylic oxidation sites excluding steroid dienone is 3. The van der Waals surface area contributed by atoms with E-state index in [-0.39, 0.29) is 23.1 Å². The maximum atomic E-state index is 13.7. The Bertz CT molecular complexity index is 1220. The van der Waals surface area contributed by atoms with E-state index in [4.69, 9.17) is 0 Å². The molecule has 3 aliphatic rings. The van der Waals surface area contributed by atoms with Gasteiger partial charge < -0.3 is 10.4 Å². The molecule has 2 atom stereocenters. The van der Waals surface area contributed by atoms with Crippen LogP contribution in [-0.4, -0.2) is 22.0 Å². The van der Waals surface area contributed by atoms with Gasteiger partial charge >= 0.3 is 0 Å². The maximum absolute atomic E-state index is 13.7. The topological polar surface area (TPSA) is 86.9 Å². The minimum Gasteiger partial charge on any atom is -0.506 e. The Labute approximate surface area is 188 Å². The van der Waals surface area contributed by atoms with E-state index in [0.29, 0.717) is 6.42 Å². The fraction of sp³-hybridized carbons (Fsp3) is 0.385. The largest absolute Gasteiger partial charge is 0.506 e. The van der Waals surface area contributed by atoms with Gasteiger partial charge in [0.25, 0.3) is 0 Å². The molecule has 1 aliphatic carbocycles. The van der Waals surface area contributed by atoms with Crippen molar-refractivity contribution in [3.63, 3.8) is 0 Å². The quantitative estimate of drug-likeness (QED) is 0.684. The summed E-state index contributed by atoms with van der Waals surface area (Å²) >= 11 is 0. The first-order chi connectivity index (χ1) is 15.3. The van der Waals surface area contributed by atoms with Gasteiger partial charge in [0.15, 0.2) is 11.9 Å². The van der Waals surface area contributed by atoms with Crippen molar-refractivity contribution in [2.45, 2.75) is 58.5 Å². The molecule has 0 amide bonds. The number of nitrogens with zero attached hydrogens (tertiary/aromatic N) is 3. The van der Waals surface area contributed by atoms with Gasteiger partial charge in [0.2, 0.25) is 0 Å². The van der Waals surface area contributed by atoms with Crippen molar-refractivity contribution in [1.82, 2.24) is 10.3 Å². The Kier molecular flexibility index (Phi) is 4.59. The van der Waals surface area contributed by atoms with Crippen molar-refractivity contribution < 1.29 is 9.90 Å². The van der Waals surface area contributed by atoms with Crippen LogP contribution in [-0.2, 0) is 10.2 Å². The molecule has 6 heteroatoms. The van der Waals surface area contributed by atoms with Crippen molar-refractivity contribution >= 4 is 5.78 Å². The average molecular weight is 429 g/mol. The van der Waals surface area contributed by atoms with Crippen molar-refractivity contribution in [2.24, 2.45) is 15.6 Å². The number of ketones is 1. The van der Waals surface area contributed by atoms with E-state index in [1.54, 1.807) is 6.20 Å². The summed E-state index contributed by atoms with van der Waals surface area (Å²) in [6, 6.07) is 9.96. The lowest BCUT2D eigenvalue weighted by atomic mass is 9.58. The molecular weight excluding hydrogens is 400 g/mol. The number of carbonyl (C=O) groups excluding carboxylic acids is 1. The summed E-state index contributed by atoms with van der Waals surface area (Å²) in [5.41, 5.74) is 5.71. The highest BCUT2D eigenvalue weighted by Gasteiger charge is 2.53. The number of fused-ring (bicyclic) bond motifs is 1. The third-order valence-electron chi connectivity index (χ3n) is 7.06. The Morgan fingerprint density at radius 3 is 2.78 bits per heavy atom. The normalized spacial score (nSPS) is 26.1. The second-order valence-corrected chi connectivity index (χ2v) is 9.79. The molecule has 2 unspecified atom stereocenters. The number of aromatic nitrogens is 1. The number of rotatable bonds is 3. The molecule has 2 N–H and O–H groups in total. The summed E-state index contributed by atoms with van der Waals surface area (Å²) in [4.78, 5) is 17.7. The Morgan fingerprint density at radius 1 is 1.22 bits per heavy atom. The van der Waals surface area contributed by atoms with Crippen LogP contribution in [0.4, 0.5) is 0 Å². The van der Waals surface area contributed by atoms with Crippen molar-refractivity contribution in [2.75, 3.05) is 0 Å². The fourth-order valence-corrected chi connectivity index (χ4v) is 5.79. The summed E-state index contributed by atoms with van der Waals surface area (Å²) in [5, 5.41) is 22.9. The first kappa shape index (κ1) is 20.6. The first-order valence-electron chi connectivity index (χ1n) is 11.2. The van der Waals surface area contributed by atoms with Gasteiger partial charge in [-0.25, -0.2) is 0 Å². The van der Waals surface area contributed by atoms with Crippen molar-refractivity contribution in [1.29, 1.82) is 0 Å². The van der Waals surface area contributed by atoms with E-state index in [9.17, 15) is 9.90 Å². The van der Waals surface area contributed by atoms with E-state index in [1.807, 2.05) is 25.1 Å². The molecule has 1 aromatic heterocycles. The lowest BCUT2D eigenvalue weighted by Crippen LogP contribution is -2.51. The predicted octanol–water partition coefficient (Wildman–Crippen LogP) is 5.41. The zero-order valence-electron chi connectivity index (χ0n) is 18.9. The molecule has 2 aliphatic heterocycles. The zero-order valence-corrected chi connectivity index (χ0v) is 18.9. The Morgan fingerprint density at radius 2 is 2.03 bits per heavy atom. The van der Waals surface area contributed by atoms with Crippen LogP contribution in [0.5, 0.6) is 5.75 Å². The SMILES string of the molecule is CCC1(c2cccc(-c3ccncc3O)c2)C2=C(CC(C)(C)CC2=O)NC2N=NC(C)=C21. The van der Waals surface area contributed by atoms with Gasteiger partial charge in [0, 0.05) is 35.0 Å². The number of carbonyl (C=O) groups is 1. The fourth-order valence-electron chi connectivity index (χ4n) is 5.79. The van der Waals surface area contributed by atoms with Crippen LogP contribution < -0.4 is 5.32 Å². The van der Waals surface area contributed by atoms with Gasteiger partial charge in [-0.2, -0.15) is 10.2 Å². The third-order valence-corrected chi connectivity index (χ3v) is 7.06. The predicted molar refractivity (Wildman–Crippen MR) is 123 cm³/mol. The summed E-state index contributed by atoms with van der Waals surface area (Å²) in [6.45, 7) is 8.40. The third kappa shape index (κ3) is 2.93. The smallest absolute Gasteiger partial charge is 0.165 e. The highest BCUT2D eigenvalue weighted by molar-refractivity contribution is 6.01. The van der Waals surface area contributed by atoms with E-state index in [1.165, 1.54) is 6.20 Å². The van der Waals surface area contributed by atoms with Gasteiger partial charge in [-0.05, 0) is 48.4 Å². The van der Waals surface area contributed by atoms with Gasteiger partial charge in [-0.3, -0.25) is 9.78 Å². The van der Waals surface area contributed by atoms with Gasteiger partial charge in [0.1, 0.15) is 5.75 Å². The number of pyridine rings is 1. The summed E-state index contributed by atoms with van der Waals surface area (Å²) < 4.78 is 0. The highest BCUT2D eigenvalue weighted by atomic mass is 16.3. The van der Waals surface area contributed by atoms with E-state index < -0.39 is 5.41 Å². The van der Waals surface area contributed by atoms with Gasteiger partial charge in [0.05, 0.1) is 17.3 Å². The molecule has 3 heterocycles. The van der Waals surface area contributed by atoms with E-state index >= 15 is 0 Å². The Balaban J connectivity index is 1.78. The number of nitrogens with one attached hydrogen (secondary N) is 1. The zero-order chi connectivity index (χ0) is 22.7. The van der Waals surface area contributed by atoms with E-state index in [2.05, 4.69) is 53.4 Å². The molecule has 1 aromatic carbocycles. The summed E-state index contributed by atoms with van der Waals surface area (Å²) in [5.74, 6) is 0.323. The second-order valence-electron chi connectivity index (χ2n) is 9.79. The maximum Gasteiger partial charge on any atom is 0.165 e. The number of azo groups is 1. The molecule has 0 spiro atoms. The van der Waals surface area contributed by atoms with Crippen molar-refractivity contribution in [3.8, 4) is 16.9 Å². The lowest BCUT2D eigenvalue weighted by molar-refractivity contribution is -0.119. The van der Waals surface area contributed by atoms with Gasteiger partial charge in [-0.15, -0.1) is 0 Å². The number of hydrogen-bond acceptors (Lipinski definition) is 6. The molecule has 164 valence electrons. The second kappa shape index (κ2) is 7.12. The van der Waals surface area contributed by atoms with E-state index in [0.717, 1.165) is 52.1 Å². The van der Waals surface area contributed by atoms with Crippen LogP contribution in [0.1, 0.15) is 52.5 Å². The summed E-state index contributed by atoms with van der Waals surface area (Å²) in [6.07, 6.45) is 4.91. The molecule has 0 radical (unpaired) electrons. The summed E-state index contributed by atoms with van der Waals surface area (Å²) in [7, 11) is 0. The number of aromatic hydroxyl groups is 1.